The molecule has 4 rings (SSSR count). The quantitative estimate of drug-likeness (QED) is 0.613. The average Bonchev–Trinajstić information content (AvgIpc) is 3.07. The lowest BCUT2D eigenvalue weighted by Gasteiger charge is -2.09. The van der Waals surface area contributed by atoms with Gasteiger partial charge in [0.1, 0.15) is 11.5 Å². The Bertz CT molecular complexity index is 1090. The van der Waals surface area contributed by atoms with Crippen LogP contribution in [0.25, 0.3) is 16.4 Å². The first-order chi connectivity index (χ1) is 12.2. The van der Waals surface area contributed by atoms with Gasteiger partial charge in [0.25, 0.3) is 5.91 Å². The molecule has 0 aliphatic rings. The number of amides is 1. The molecule has 2 heterocycles. The summed E-state index contributed by atoms with van der Waals surface area (Å²) in [7, 11) is 1.59. The zero-order valence-corrected chi connectivity index (χ0v) is 13.2. The third-order valence-electron chi connectivity index (χ3n) is 3.72. The first-order valence-corrected chi connectivity index (χ1v) is 7.43. The van der Waals surface area contributed by atoms with Gasteiger partial charge in [-0.2, -0.15) is 4.52 Å². The van der Waals surface area contributed by atoms with E-state index in [-0.39, 0.29) is 5.82 Å². The molecule has 8 heteroatoms. The monoisotopic (exact) mass is 335 g/mol. The second-order valence-corrected chi connectivity index (χ2v) is 5.25. The number of primary amides is 1. The number of nitrogens with zero attached hydrogens (tertiary/aromatic N) is 4. The standard InChI is InChI=1S/C17H13N5O3/c1-24-10-6-8-11(9-7-10)25-17-13-5-3-2-4-12(13)15-19-20-16(14(18)23)22(15)21-17/h2-9H,1H3,(H2,18,23). The Hall–Kier alpha value is -3.68. The zero-order valence-electron chi connectivity index (χ0n) is 13.2. The molecule has 1 amide bonds. The molecule has 0 saturated heterocycles. The van der Waals surface area contributed by atoms with Gasteiger partial charge in [0, 0.05) is 10.8 Å². The molecule has 8 nitrogen and oxygen atoms in total. The van der Waals surface area contributed by atoms with Crippen LogP contribution in [0, 0.1) is 0 Å². The molecule has 0 saturated carbocycles. The summed E-state index contributed by atoms with van der Waals surface area (Å²) in [5.41, 5.74) is 5.78. The lowest BCUT2D eigenvalue weighted by Crippen LogP contribution is -2.16. The predicted molar refractivity (Wildman–Crippen MR) is 89.9 cm³/mol. The third kappa shape index (κ3) is 2.49. The van der Waals surface area contributed by atoms with Gasteiger partial charge in [-0.1, -0.05) is 18.2 Å². The predicted octanol–water partition coefficient (Wildman–Crippen LogP) is 2.18. The van der Waals surface area contributed by atoms with Crippen molar-refractivity contribution in [3.8, 4) is 17.4 Å². The van der Waals surface area contributed by atoms with Crippen LogP contribution >= 0.6 is 0 Å². The minimum absolute atomic E-state index is 0.0552. The molecule has 0 atom stereocenters. The fraction of sp³-hybridized carbons (Fsp3) is 0.0588. The first kappa shape index (κ1) is 14.9. The summed E-state index contributed by atoms with van der Waals surface area (Å²) >= 11 is 0. The second kappa shape index (κ2) is 5.75. The highest BCUT2D eigenvalue weighted by Crippen LogP contribution is 2.30. The highest BCUT2D eigenvalue weighted by molar-refractivity contribution is 5.98. The highest BCUT2D eigenvalue weighted by Gasteiger charge is 2.18. The highest BCUT2D eigenvalue weighted by atomic mass is 16.5. The van der Waals surface area contributed by atoms with E-state index in [9.17, 15) is 4.79 Å². The van der Waals surface area contributed by atoms with E-state index in [2.05, 4.69) is 15.3 Å². The van der Waals surface area contributed by atoms with Gasteiger partial charge in [0.05, 0.1) is 7.11 Å². The molecule has 0 aliphatic heterocycles. The molecule has 0 radical (unpaired) electrons. The number of aromatic nitrogens is 4. The number of ether oxygens (including phenoxy) is 2. The van der Waals surface area contributed by atoms with Crippen LogP contribution in [0.3, 0.4) is 0 Å². The summed E-state index contributed by atoms with van der Waals surface area (Å²) in [6.45, 7) is 0. The van der Waals surface area contributed by atoms with E-state index >= 15 is 0 Å². The Kier molecular flexibility index (Phi) is 3.42. The molecule has 2 aromatic carbocycles. The molecule has 0 spiro atoms. The van der Waals surface area contributed by atoms with Crippen molar-refractivity contribution in [3.05, 3.63) is 54.4 Å². The third-order valence-corrected chi connectivity index (χ3v) is 3.72. The normalized spacial score (nSPS) is 10.9. The van der Waals surface area contributed by atoms with Gasteiger partial charge in [0.15, 0.2) is 5.65 Å². The topological polar surface area (TPSA) is 105 Å². The number of hydrogen-bond acceptors (Lipinski definition) is 6. The van der Waals surface area contributed by atoms with Crippen molar-refractivity contribution in [1.29, 1.82) is 0 Å². The molecule has 0 fully saturated rings. The van der Waals surface area contributed by atoms with Crippen LogP contribution in [-0.2, 0) is 0 Å². The molecule has 2 N–H and O–H groups in total. The molecule has 4 aromatic rings. The summed E-state index contributed by atoms with van der Waals surface area (Å²) in [6.07, 6.45) is 0. The van der Waals surface area contributed by atoms with Crippen molar-refractivity contribution in [2.45, 2.75) is 0 Å². The summed E-state index contributed by atoms with van der Waals surface area (Å²) in [5.74, 6) is 0.837. The number of rotatable bonds is 4. The Morgan fingerprint density at radius 1 is 1.00 bits per heavy atom. The molecule has 2 aromatic heterocycles. The van der Waals surface area contributed by atoms with Crippen LogP contribution in [0.4, 0.5) is 0 Å². The van der Waals surface area contributed by atoms with Crippen LogP contribution in [0.1, 0.15) is 10.6 Å². The van der Waals surface area contributed by atoms with Gasteiger partial charge in [-0.15, -0.1) is 15.3 Å². The Labute approximate surface area is 141 Å². The van der Waals surface area contributed by atoms with Crippen molar-refractivity contribution >= 4 is 22.3 Å². The minimum Gasteiger partial charge on any atom is -0.497 e. The zero-order chi connectivity index (χ0) is 17.4. The maximum Gasteiger partial charge on any atom is 0.288 e. The van der Waals surface area contributed by atoms with Crippen molar-refractivity contribution in [1.82, 2.24) is 19.8 Å². The van der Waals surface area contributed by atoms with E-state index in [1.54, 1.807) is 31.4 Å². The Balaban J connectivity index is 1.90. The molecular formula is C17H13N5O3. The second-order valence-electron chi connectivity index (χ2n) is 5.25. The Morgan fingerprint density at radius 2 is 1.68 bits per heavy atom. The van der Waals surface area contributed by atoms with Crippen molar-refractivity contribution in [2.24, 2.45) is 5.73 Å². The first-order valence-electron chi connectivity index (χ1n) is 7.43. The number of benzene rings is 2. The van der Waals surface area contributed by atoms with Gasteiger partial charge in [-0.25, -0.2) is 0 Å². The van der Waals surface area contributed by atoms with E-state index in [1.165, 1.54) is 4.52 Å². The Morgan fingerprint density at radius 3 is 2.36 bits per heavy atom. The van der Waals surface area contributed by atoms with Crippen molar-refractivity contribution in [2.75, 3.05) is 7.11 Å². The van der Waals surface area contributed by atoms with Gasteiger partial charge < -0.3 is 15.2 Å². The minimum atomic E-state index is -0.717. The molecule has 0 unspecified atom stereocenters. The van der Waals surface area contributed by atoms with Gasteiger partial charge in [0.2, 0.25) is 11.7 Å². The summed E-state index contributed by atoms with van der Waals surface area (Å²) in [5, 5.41) is 13.7. The van der Waals surface area contributed by atoms with E-state index in [0.717, 1.165) is 16.5 Å². The van der Waals surface area contributed by atoms with Crippen LogP contribution < -0.4 is 15.2 Å². The fourth-order valence-electron chi connectivity index (χ4n) is 2.54. The maximum atomic E-state index is 11.6. The van der Waals surface area contributed by atoms with Crippen LogP contribution in [0.2, 0.25) is 0 Å². The summed E-state index contributed by atoms with van der Waals surface area (Å²) in [4.78, 5) is 11.6. The number of carbonyl (C=O) groups excluding carboxylic acids is 1. The fourth-order valence-corrected chi connectivity index (χ4v) is 2.54. The summed E-state index contributed by atoms with van der Waals surface area (Å²) in [6, 6.07) is 14.5. The lowest BCUT2D eigenvalue weighted by atomic mass is 10.2. The summed E-state index contributed by atoms with van der Waals surface area (Å²) < 4.78 is 12.3. The van der Waals surface area contributed by atoms with E-state index < -0.39 is 5.91 Å². The SMILES string of the molecule is COc1ccc(Oc2nn3c(C(N)=O)nnc3c3ccccc23)cc1. The van der Waals surface area contributed by atoms with Crippen LogP contribution in [0.5, 0.6) is 17.4 Å². The molecule has 124 valence electrons. The van der Waals surface area contributed by atoms with E-state index in [0.29, 0.717) is 17.3 Å². The van der Waals surface area contributed by atoms with Crippen LogP contribution in [-0.4, -0.2) is 32.8 Å². The molecule has 0 aliphatic carbocycles. The van der Waals surface area contributed by atoms with E-state index in [1.807, 2.05) is 24.3 Å². The van der Waals surface area contributed by atoms with Crippen molar-refractivity contribution in [3.63, 3.8) is 0 Å². The molecular weight excluding hydrogens is 322 g/mol. The molecule has 25 heavy (non-hydrogen) atoms. The number of nitrogens with two attached hydrogens (primary N) is 1. The van der Waals surface area contributed by atoms with Crippen molar-refractivity contribution < 1.29 is 14.3 Å². The van der Waals surface area contributed by atoms with Gasteiger partial charge >= 0.3 is 0 Å². The number of hydrogen-bond donors (Lipinski definition) is 1. The largest absolute Gasteiger partial charge is 0.497 e. The van der Waals surface area contributed by atoms with Gasteiger partial charge in [-0.3, -0.25) is 4.79 Å². The number of fused-ring (bicyclic) bond motifs is 3. The smallest absolute Gasteiger partial charge is 0.288 e. The van der Waals surface area contributed by atoms with E-state index in [4.69, 9.17) is 15.2 Å². The van der Waals surface area contributed by atoms with Crippen LogP contribution in [0.15, 0.2) is 48.5 Å². The average molecular weight is 335 g/mol. The lowest BCUT2D eigenvalue weighted by molar-refractivity contribution is 0.0988. The maximum absolute atomic E-state index is 11.6. The van der Waals surface area contributed by atoms with Gasteiger partial charge in [-0.05, 0) is 30.3 Å². The number of methoxy groups -OCH3 is 1. The molecule has 0 bridgehead atoms. The number of carbonyl (C=O) groups is 1.